The number of amides is 2. The molecule has 20 heavy (non-hydrogen) atoms. The van der Waals surface area contributed by atoms with Gasteiger partial charge in [0.2, 0.25) is 0 Å². The summed E-state index contributed by atoms with van der Waals surface area (Å²) in [5.41, 5.74) is 2.63. The molecule has 0 spiro atoms. The molecular formula is C11H12N4O3S2. The van der Waals surface area contributed by atoms with Gasteiger partial charge in [-0.05, 0) is 6.92 Å². The molecule has 0 radical (unpaired) electrons. The quantitative estimate of drug-likeness (QED) is 0.778. The van der Waals surface area contributed by atoms with Gasteiger partial charge in [-0.15, -0.1) is 22.7 Å². The van der Waals surface area contributed by atoms with E-state index in [0.29, 0.717) is 11.6 Å². The van der Waals surface area contributed by atoms with Gasteiger partial charge in [0.25, 0.3) is 0 Å². The number of hydrogen-bond acceptors (Lipinski definition) is 6. The topological polar surface area (TPSA) is 104 Å². The number of nitrogens with zero attached hydrogens (tertiary/aromatic N) is 2. The van der Waals surface area contributed by atoms with Crippen molar-refractivity contribution in [2.45, 2.75) is 20.0 Å². The zero-order valence-electron chi connectivity index (χ0n) is 10.5. The highest BCUT2D eigenvalue weighted by molar-refractivity contribution is 7.10. The van der Waals surface area contributed by atoms with Crippen LogP contribution in [0.2, 0.25) is 0 Å². The number of aryl methyl sites for hydroxylation is 1. The molecule has 0 saturated heterocycles. The molecule has 2 aromatic heterocycles. The van der Waals surface area contributed by atoms with Crippen molar-refractivity contribution < 1.29 is 14.7 Å². The number of carboxylic acids is 1. The first-order chi connectivity index (χ1) is 9.56. The van der Waals surface area contributed by atoms with Crippen LogP contribution < -0.4 is 10.6 Å². The smallest absolute Gasteiger partial charge is 0.355 e. The molecule has 9 heteroatoms. The third-order valence-electron chi connectivity index (χ3n) is 2.43. The lowest BCUT2D eigenvalue weighted by Crippen LogP contribution is -2.34. The molecule has 0 aliphatic heterocycles. The van der Waals surface area contributed by atoms with Crippen LogP contribution in [0.1, 0.15) is 26.1 Å². The summed E-state index contributed by atoms with van der Waals surface area (Å²) in [5.74, 6) is -1.07. The number of nitrogens with one attached hydrogen (secondary N) is 2. The predicted octanol–water partition coefficient (Wildman–Crippen LogP) is 1.61. The maximum absolute atomic E-state index is 11.6. The van der Waals surface area contributed by atoms with Crippen LogP contribution in [-0.4, -0.2) is 27.1 Å². The molecule has 0 bridgehead atoms. The Balaban J connectivity index is 1.77. The van der Waals surface area contributed by atoms with E-state index in [4.69, 9.17) is 5.11 Å². The molecule has 106 valence electrons. The number of carboxylic acid groups (broad SMARTS) is 1. The van der Waals surface area contributed by atoms with Crippen molar-refractivity contribution in [2.75, 3.05) is 0 Å². The van der Waals surface area contributed by atoms with Crippen LogP contribution in [0.15, 0.2) is 10.9 Å². The van der Waals surface area contributed by atoms with Crippen molar-refractivity contribution in [3.05, 3.63) is 32.2 Å². The van der Waals surface area contributed by atoms with E-state index in [0.717, 1.165) is 10.6 Å². The van der Waals surface area contributed by atoms with E-state index < -0.39 is 5.97 Å². The SMILES string of the molecule is Cc1ncsc1CNC(=O)NCc1nc(C(=O)O)cs1. The summed E-state index contributed by atoms with van der Waals surface area (Å²) in [6, 6.07) is -0.329. The third kappa shape index (κ3) is 3.75. The number of carbonyl (C=O) groups excluding carboxylic acids is 1. The summed E-state index contributed by atoms with van der Waals surface area (Å²) in [4.78, 5) is 31.2. The Morgan fingerprint density at radius 3 is 2.65 bits per heavy atom. The molecule has 0 atom stereocenters. The summed E-state index contributed by atoms with van der Waals surface area (Å²) in [7, 11) is 0. The van der Waals surface area contributed by atoms with Crippen LogP contribution in [0, 0.1) is 6.92 Å². The lowest BCUT2D eigenvalue weighted by molar-refractivity contribution is 0.0691. The summed E-state index contributed by atoms with van der Waals surface area (Å²) < 4.78 is 0. The second kappa shape index (κ2) is 6.44. The largest absolute Gasteiger partial charge is 0.476 e. The Hall–Kier alpha value is -2.00. The van der Waals surface area contributed by atoms with Crippen LogP contribution in [0.4, 0.5) is 4.79 Å². The van der Waals surface area contributed by atoms with Crippen LogP contribution in [-0.2, 0) is 13.1 Å². The Morgan fingerprint density at radius 2 is 2.05 bits per heavy atom. The van der Waals surface area contributed by atoms with Gasteiger partial charge in [0.1, 0.15) is 5.01 Å². The van der Waals surface area contributed by atoms with Gasteiger partial charge >= 0.3 is 12.0 Å². The summed E-state index contributed by atoms with van der Waals surface area (Å²) in [6.07, 6.45) is 0. The highest BCUT2D eigenvalue weighted by Gasteiger charge is 2.09. The number of aromatic nitrogens is 2. The van der Waals surface area contributed by atoms with Gasteiger partial charge in [-0.3, -0.25) is 0 Å². The number of aromatic carboxylic acids is 1. The average molecular weight is 312 g/mol. The maximum atomic E-state index is 11.6. The fraction of sp³-hybridized carbons (Fsp3) is 0.273. The number of hydrogen-bond donors (Lipinski definition) is 3. The molecule has 7 nitrogen and oxygen atoms in total. The summed E-state index contributed by atoms with van der Waals surface area (Å²) in [6.45, 7) is 2.50. The van der Waals surface area contributed by atoms with Crippen molar-refractivity contribution in [3.8, 4) is 0 Å². The first-order valence-electron chi connectivity index (χ1n) is 5.64. The first kappa shape index (κ1) is 14.4. The van der Waals surface area contributed by atoms with Gasteiger partial charge in [-0.1, -0.05) is 0 Å². The monoisotopic (exact) mass is 312 g/mol. The standard InChI is InChI=1S/C11H12N4O3S2/c1-6-8(20-5-14-6)2-12-11(18)13-3-9-15-7(4-19-9)10(16)17/h4-5H,2-3H2,1H3,(H,16,17)(H2,12,13,18). The molecule has 0 unspecified atom stereocenters. The molecule has 3 N–H and O–H groups in total. The molecule has 0 aromatic carbocycles. The van der Waals surface area contributed by atoms with E-state index >= 15 is 0 Å². The minimum atomic E-state index is -1.07. The molecule has 2 aromatic rings. The molecule has 2 heterocycles. The van der Waals surface area contributed by atoms with Gasteiger partial charge in [0.05, 0.1) is 24.3 Å². The van der Waals surface area contributed by atoms with E-state index in [9.17, 15) is 9.59 Å². The zero-order valence-corrected chi connectivity index (χ0v) is 12.2. The van der Waals surface area contributed by atoms with Crippen LogP contribution in [0.3, 0.4) is 0 Å². The molecule has 2 amide bonds. The van der Waals surface area contributed by atoms with Gasteiger partial charge in [0, 0.05) is 10.3 Å². The molecular weight excluding hydrogens is 300 g/mol. The van der Waals surface area contributed by atoms with Gasteiger partial charge in [0.15, 0.2) is 5.69 Å². The van der Waals surface area contributed by atoms with Gasteiger partial charge < -0.3 is 15.7 Å². The van der Waals surface area contributed by atoms with Crippen LogP contribution >= 0.6 is 22.7 Å². The minimum Gasteiger partial charge on any atom is -0.476 e. The lowest BCUT2D eigenvalue weighted by Gasteiger charge is -2.05. The second-order valence-corrected chi connectivity index (χ2v) is 5.71. The Kier molecular flexibility index (Phi) is 4.64. The number of rotatable bonds is 5. The van der Waals surface area contributed by atoms with E-state index in [1.54, 1.807) is 5.51 Å². The number of carbonyl (C=O) groups is 2. The van der Waals surface area contributed by atoms with E-state index in [2.05, 4.69) is 20.6 Å². The van der Waals surface area contributed by atoms with Gasteiger partial charge in [-0.25, -0.2) is 19.6 Å². The predicted molar refractivity (Wildman–Crippen MR) is 75.0 cm³/mol. The Labute approximate surface area is 122 Å². The highest BCUT2D eigenvalue weighted by Crippen LogP contribution is 2.11. The summed E-state index contributed by atoms with van der Waals surface area (Å²) in [5, 5.41) is 16.1. The van der Waals surface area contributed by atoms with Crippen molar-refractivity contribution in [3.63, 3.8) is 0 Å². The highest BCUT2D eigenvalue weighted by atomic mass is 32.1. The minimum absolute atomic E-state index is 0.00695. The normalized spacial score (nSPS) is 10.2. The van der Waals surface area contributed by atoms with Crippen LogP contribution in [0.5, 0.6) is 0 Å². The van der Waals surface area contributed by atoms with Crippen LogP contribution in [0.25, 0.3) is 0 Å². The maximum Gasteiger partial charge on any atom is 0.355 e. The molecule has 2 rings (SSSR count). The fourth-order valence-electron chi connectivity index (χ4n) is 1.37. The fourth-order valence-corrected chi connectivity index (χ4v) is 2.79. The molecule has 0 aliphatic carbocycles. The average Bonchev–Trinajstić information content (AvgIpc) is 3.03. The van der Waals surface area contributed by atoms with Crippen molar-refractivity contribution in [2.24, 2.45) is 0 Å². The zero-order chi connectivity index (χ0) is 14.5. The number of urea groups is 1. The second-order valence-electron chi connectivity index (χ2n) is 3.83. The van der Waals surface area contributed by atoms with E-state index in [-0.39, 0.29) is 18.3 Å². The Bertz CT molecular complexity index is 623. The van der Waals surface area contributed by atoms with Gasteiger partial charge in [-0.2, -0.15) is 0 Å². The van der Waals surface area contributed by atoms with E-state index in [1.807, 2.05) is 6.92 Å². The molecule has 0 aliphatic rings. The molecule has 0 saturated carbocycles. The third-order valence-corrected chi connectivity index (χ3v) is 4.21. The Morgan fingerprint density at radius 1 is 1.30 bits per heavy atom. The van der Waals surface area contributed by atoms with Crippen molar-refractivity contribution in [1.82, 2.24) is 20.6 Å². The van der Waals surface area contributed by atoms with Crippen molar-refractivity contribution in [1.29, 1.82) is 0 Å². The lowest BCUT2D eigenvalue weighted by atomic mass is 10.4. The summed E-state index contributed by atoms with van der Waals surface area (Å²) >= 11 is 2.68. The van der Waals surface area contributed by atoms with Crippen molar-refractivity contribution >= 4 is 34.7 Å². The number of thiazole rings is 2. The first-order valence-corrected chi connectivity index (χ1v) is 7.40. The molecule has 0 fully saturated rings. The van der Waals surface area contributed by atoms with E-state index in [1.165, 1.54) is 28.1 Å².